The van der Waals surface area contributed by atoms with E-state index in [0.29, 0.717) is 12.8 Å². The topological polar surface area (TPSA) is 119 Å². The normalized spacial score (nSPS) is 13.1. The van der Waals surface area contributed by atoms with Crippen molar-refractivity contribution in [3.63, 3.8) is 0 Å². The Morgan fingerprint density at radius 2 is 0.980 bits per heavy atom. The number of carbonyl (C=O) groups excluding carboxylic acids is 2. The molecule has 0 fully saturated rings. The van der Waals surface area contributed by atoms with Crippen LogP contribution in [-0.4, -0.2) is 41.0 Å². The second kappa shape index (κ2) is 35.6. The Morgan fingerprint density at radius 1 is 0.551 bits per heavy atom. The summed E-state index contributed by atoms with van der Waals surface area (Å²) < 4.78 is 26.3. The van der Waals surface area contributed by atoms with Crippen LogP contribution in [0.2, 0.25) is 0 Å². The number of ether oxygens (including phenoxy) is 2. The number of phosphoric acid groups is 1. The number of carbonyl (C=O) groups is 2. The monoisotopic (exact) mass is 708 g/mol. The molecule has 0 saturated heterocycles. The van der Waals surface area contributed by atoms with Crippen LogP contribution in [0.15, 0.2) is 60.8 Å². The first-order chi connectivity index (χ1) is 23.8. The van der Waals surface area contributed by atoms with Gasteiger partial charge in [-0.25, -0.2) is 4.57 Å². The molecule has 0 heterocycles. The van der Waals surface area contributed by atoms with Crippen molar-refractivity contribution in [2.75, 3.05) is 13.2 Å². The Labute approximate surface area is 298 Å². The maximum Gasteiger partial charge on any atom is 0.469 e. The van der Waals surface area contributed by atoms with Crippen LogP contribution in [0.25, 0.3) is 0 Å². The summed E-state index contributed by atoms with van der Waals surface area (Å²) in [5, 5.41) is 0. The van der Waals surface area contributed by atoms with Gasteiger partial charge in [0, 0.05) is 12.8 Å². The Balaban J connectivity index is 4.07. The number of hydrogen-bond donors (Lipinski definition) is 2. The molecule has 8 nitrogen and oxygen atoms in total. The minimum Gasteiger partial charge on any atom is -0.462 e. The summed E-state index contributed by atoms with van der Waals surface area (Å²) in [7, 11) is -4.76. The summed E-state index contributed by atoms with van der Waals surface area (Å²) in [6.45, 7) is 3.51. The van der Waals surface area contributed by atoms with Crippen molar-refractivity contribution in [3.05, 3.63) is 60.8 Å². The van der Waals surface area contributed by atoms with E-state index in [1.165, 1.54) is 64.2 Å². The van der Waals surface area contributed by atoms with E-state index in [2.05, 4.69) is 73.1 Å². The third-order valence-corrected chi connectivity index (χ3v) is 8.29. The first-order valence-corrected chi connectivity index (χ1v) is 20.6. The number of hydrogen-bond acceptors (Lipinski definition) is 6. The van der Waals surface area contributed by atoms with E-state index in [9.17, 15) is 14.2 Å². The minimum absolute atomic E-state index is 0.188. The van der Waals surface area contributed by atoms with E-state index in [0.717, 1.165) is 57.8 Å². The Bertz CT molecular complexity index is 979. The predicted molar refractivity (Wildman–Crippen MR) is 202 cm³/mol. The Kier molecular flexibility index (Phi) is 33.9. The molecule has 0 radical (unpaired) electrons. The summed E-state index contributed by atoms with van der Waals surface area (Å²) in [4.78, 5) is 42.7. The van der Waals surface area contributed by atoms with Gasteiger partial charge in [-0.15, -0.1) is 0 Å². The van der Waals surface area contributed by atoms with Gasteiger partial charge in [-0.1, -0.05) is 158 Å². The molecular formula is C40H69O8P. The zero-order chi connectivity index (χ0) is 36.1. The molecule has 9 heteroatoms. The van der Waals surface area contributed by atoms with Crippen LogP contribution in [0, 0.1) is 0 Å². The standard InChI is InChI=1S/C40H69O8P/c1-3-5-7-9-11-13-15-17-19-20-21-23-24-26-28-30-32-34-39(41)46-36-38(37-47-49(43,44)45)48-40(42)35-33-31-29-27-25-22-18-16-14-12-10-8-6-4-2/h5,7,11,13,17,19,21,23,26,28,38H,3-4,6,8-10,12,14-16,18,20,22,24-25,27,29-37H2,1-2H3,(H2,43,44,45)/b7-5-,13-11-,19-17-,23-21-,28-26-/t38-/m1/s1. The summed E-state index contributed by atoms with van der Waals surface area (Å²) in [6, 6.07) is 0. The van der Waals surface area contributed by atoms with Crippen molar-refractivity contribution in [2.24, 2.45) is 0 Å². The van der Waals surface area contributed by atoms with Gasteiger partial charge in [-0.3, -0.25) is 14.1 Å². The fourth-order valence-electron chi connectivity index (χ4n) is 5.00. The number of phosphoric ester groups is 1. The van der Waals surface area contributed by atoms with Crippen LogP contribution >= 0.6 is 7.82 Å². The summed E-state index contributed by atoms with van der Waals surface area (Å²) in [5.74, 6) is -0.954. The zero-order valence-corrected chi connectivity index (χ0v) is 31.7. The van der Waals surface area contributed by atoms with Gasteiger partial charge in [0.05, 0.1) is 6.61 Å². The van der Waals surface area contributed by atoms with Crippen LogP contribution in [0.5, 0.6) is 0 Å². The molecule has 0 spiro atoms. The van der Waals surface area contributed by atoms with Crippen LogP contribution in [0.3, 0.4) is 0 Å². The van der Waals surface area contributed by atoms with Crippen LogP contribution < -0.4 is 0 Å². The molecule has 0 aromatic rings. The number of rotatable bonds is 34. The molecule has 0 aliphatic carbocycles. The third kappa shape index (κ3) is 38.4. The van der Waals surface area contributed by atoms with E-state index >= 15 is 0 Å². The molecule has 0 aliphatic heterocycles. The Morgan fingerprint density at radius 3 is 1.45 bits per heavy atom. The van der Waals surface area contributed by atoms with Gasteiger partial charge < -0.3 is 19.3 Å². The molecule has 0 bridgehead atoms. The summed E-state index contributed by atoms with van der Waals surface area (Å²) in [6.07, 6.45) is 43.7. The molecule has 0 amide bonds. The average molecular weight is 709 g/mol. The highest BCUT2D eigenvalue weighted by molar-refractivity contribution is 7.46. The lowest BCUT2D eigenvalue weighted by Gasteiger charge is -2.18. The highest BCUT2D eigenvalue weighted by Gasteiger charge is 2.22. The summed E-state index contributed by atoms with van der Waals surface area (Å²) >= 11 is 0. The van der Waals surface area contributed by atoms with Gasteiger partial charge in [-0.05, 0) is 51.4 Å². The highest BCUT2D eigenvalue weighted by Crippen LogP contribution is 2.36. The van der Waals surface area contributed by atoms with Gasteiger partial charge in [-0.2, -0.15) is 0 Å². The van der Waals surface area contributed by atoms with E-state index in [-0.39, 0.29) is 19.4 Å². The minimum atomic E-state index is -4.76. The maximum absolute atomic E-state index is 12.4. The Hall–Kier alpha value is -2.25. The number of esters is 2. The lowest BCUT2D eigenvalue weighted by molar-refractivity contribution is -0.161. The smallest absolute Gasteiger partial charge is 0.462 e. The molecule has 0 unspecified atom stereocenters. The molecule has 49 heavy (non-hydrogen) atoms. The number of unbranched alkanes of at least 4 members (excludes halogenated alkanes) is 14. The van der Waals surface area contributed by atoms with Crippen molar-refractivity contribution in [2.45, 2.75) is 168 Å². The van der Waals surface area contributed by atoms with Gasteiger partial charge in [0.25, 0.3) is 0 Å². The second-order valence-electron chi connectivity index (χ2n) is 12.5. The molecule has 0 rings (SSSR count). The van der Waals surface area contributed by atoms with E-state index < -0.39 is 32.5 Å². The van der Waals surface area contributed by atoms with E-state index in [1.54, 1.807) is 0 Å². The zero-order valence-electron chi connectivity index (χ0n) is 30.8. The molecule has 0 aromatic heterocycles. The maximum atomic E-state index is 12.4. The second-order valence-corrected chi connectivity index (χ2v) is 13.8. The van der Waals surface area contributed by atoms with E-state index in [1.807, 2.05) is 6.08 Å². The molecule has 0 saturated carbocycles. The molecular weight excluding hydrogens is 639 g/mol. The van der Waals surface area contributed by atoms with Crippen molar-refractivity contribution >= 4 is 19.8 Å². The molecule has 0 aliphatic rings. The fraction of sp³-hybridized carbons (Fsp3) is 0.700. The van der Waals surface area contributed by atoms with Crippen molar-refractivity contribution in [3.8, 4) is 0 Å². The molecule has 282 valence electrons. The van der Waals surface area contributed by atoms with Gasteiger partial charge in [0.2, 0.25) is 0 Å². The van der Waals surface area contributed by atoms with Crippen molar-refractivity contribution in [1.29, 1.82) is 0 Å². The van der Waals surface area contributed by atoms with Gasteiger partial charge >= 0.3 is 19.8 Å². The predicted octanol–water partition coefficient (Wildman–Crippen LogP) is 11.3. The average Bonchev–Trinajstić information content (AvgIpc) is 3.07. The largest absolute Gasteiger partial charge is 0.469 e. The van der Waals surface area contributed by atoms with Crippen LogP contribution in [0.1, 0.15) is 162 Å². The molecule has 1 atom stereocenters. The van der Waals surface area contributed by atoms with Crippen LogP contribution in [0.4, 0.5) is 0 Å². The number of allylic oxidation sites excluding steroid dienone is 10. The van der Waals surface area contributed by atoms with Gasteiger partial charge in [0.15, 0.2) is 6.10 Å². The fourth-order valence-corrected chi connectivity index (χ4v) is 5.36. The first kappa shape index (κ1) is 46.8. The SMILES string of the molecule is CC/C=C\C/C=C\C/C=C\C/C=C\C/C=C\CCCC(=O)OC[C@H](COP(=O)(O)O)OC(=O)CCCCCCCCCCCCCCCC. The highest BCUT2D eigenvalue weighted by atomic mass is 31.2. The van der Waals surface area contributed by atoms with Crippen molar-refractivity contribution < 1.29 is 37.9 Å². The van der Waals surface area contributed by atoms with E-state index in [4.69, 9.17) is 19.3 Å². The summed E-state index contributed by atoms with van der Waals surface area (Å²) in [5.41, 5.74) is 0. The van der Waals surface area contributed by atoms with Gasteiger partial charge in [0.1, 0.15) is 6.61 Å². The van der Waals surface area contributed by atoms with Crippen molar-refractivity contribution in [1.82, 2.24) is 0 Å². The third-order valence-electron chi connectivity index (χ3n) is 7.80. The quantitative estimate of drug-likeness (QED) is 0.0293. The first-order valence-electron chi connectivity index (χ1n) is 19.1. The lowest BCUT2D eigenvalue weighted by atomic mass is 10.0. The molecule has 2 N–H and O–H groups in total. The van der Waals surface area contributed by atoms with Crippen LogP contribution in [-0.2, 0) is 28.2 Å². The molecule has 0 aromatic carbocycles. The lowest BCUT2D eigenvalue weighted by Crippen LogP contribution is -2.29.